The summed E-state index contributed by atoms with van der Waals surface area (Å²) in [4.78, 5) is 25.3. The first kappa shape index (κ1) is 14.8. The molecule has 4 rings (SSSR count). The first-order valence-corrected chi connectivity index (χ1v) is 8.15. The van der Waals surface area contributed by atoms with Crippen molar-refractivity contribution in [1.29, 1.82) is 0 Å². The van der Waals surface area contributed by atoms with Gasteiger partial charge in [0.1, 0.15) is 0 Å². The maximum atomic E-state index is 12.5. The molecule has 1 aromatic carbocycles. The number of benzene rings is 1. The second kappa shape index (κ2) is 6.41. The summed E-state index contributed by atoms with van der Waals surface area (Å²) in [6, 6.07) is 11.4. The molecule has 122 valence electrons. The third kappa shape index (κ3) is 2.88. The van der Waals surface area contributed by atoms with Crippen LogP contribution in [0.15, 0.2) is 55.0 Å². The highest BCUT2D eigenvalue weighted by Crippen LogP contribution is 2.12. The molecular formula is C18H19N5O. The molecule has 0 saturated carbocycles. The van der Waals surface area contributed by atoms with Crippen LogP contribution in [-0.2, 0) is 6.54 Å². The molecule has 6 nitrogen and oxygen atoms in total. The Bertz CT molecular complexity index is 837. The van der Waals surface area contributed by atoms with Gasteiger partial charge >= 0.3 is 0 Å². The third-order valence-corrected chi connectivity index (χ3v) is 4.43. The number of hydrogen-bond acceptors (Lipinski definition) is 4. The molecule has 0 N–H and O–H groups in total. The van der Waals surface area contributed by atoms with E-state index in [0.29, 0.717) is 0 Å². The maximum Gasteiger partial charge on any atom is 0.253 e. The third-order valence-electron chi connectivity index (χ3n) is 4.43. The van der Waals surface area contributed by atoms with E-state index in [-0.39, 0.29) is 5.91 Å². The lowest BCUT2D eigenvalue weighted by molar-refractivity contribution is 0.0626. The van der Waals surface area contributed by atoms with Gasteiger partial charge in [0.2, 0.25) is 5.78 Å². The Balaban J connectivity index is 1.39. The Morgan fingerprint density at radius 3 is 2.58 bits per heavy atom. The van der Waals surface area contributed by atoms with Gasteiger partial charge in [-0.2, -0.15) is 0 Å². The van der Waals surface area contributed by atoms with E-state index in [4.69, 9.17) is 0 Å². The van der Waals surface area contributed by atoms with Crippen LogP contribution in [0.1, 0.15) is 16.1 Å². The largest absolute Gasteiger partial charge is 0.336 e. The van der Waals surface area contributed by atoms with Crippen LogP contribution in [0.2, 0.25) is 0 Å². The number of hydrogen-bond donors (Lipinski definition) is 0. The van der Waals surface area contributed by atoms with E-state index in [0.717, 1.165) is 49.8 Å². The minimum absolute atomic E-state index is 0.120. The topological polar surface area (TPSA) is 53.7 Å². The van der Waals surface area contributed by atoms with Crippen molar-refractivity contribution in [2.45, 2.75) is 6.54 Å². The van der Waals surface area contributed by atoms with E-state index >= 15 is 0 Å². The first-order valence-electron chi connectivity index (χ1n) is 8.15. The quantitative estimate of drug-likeness (QED) is 0.737. The minimum Gasteiger partial charge on any atom is -0.336 e. The molecule has 0 unspecified atom stereocenters. The van der Waals surface area contributed by atoms with Crippen LogP contribution in [0.25, 0.3) is 5.78 Å². The molecule has 0 aliphatic carbocycles. The fourth-order valence-corrected chi connectivity index (χ4v) is 3.10. The average molecular weight is 321 g/mol. The highest BCUT2D eigenvalue weighted by molar-refractivity contribution is 5.94. The van der Waals surface area contributed by atoms with Gasteiger partial charge in [-0.3, -0.25) is 14.1 Å². The van der Waals surface area contributed by atoms with Crippen molar-refractivity contribution >= 4 is 11.7 Å². The van der Waals surface area contributed by atoms with E-state index in [2.05, 4.69) is 14.9 Å². The molecule has 1 aliphatic heterocycles. The number of rotatable bonds is 3. The molecule has 0 radical (unpaired) electrons. The zero-order valence-electron chi connectivity index (χ0n) is 13.4. The van der Waals surface area contributed by atoms with E-state index < -0.39 is 0 Å². The summed E-state index contributed by atoms with van der Waals surface area (Å²) in [6.07, 6.45) is 5.61. The molecule has 0 bridgehead atoms. The van der Waals surface area contributed by atoms with Crippen LogP contribution in [0.5, 0.6) is 0 Å². The van der Waals surface area contributed by atoms with Crippen LogP contribution < -0.4 is 0 Å². The number of imidazole rings is 1. The molecular weight excluding hydrogens is 302 g/mol. The Labute approximate surface area is 140 Å². The summed E-state index contributed by atoms with van der Waals surface area (Å²) in [5, 5.41) is 0. The van der Waals surface area contributed by atoms with Crippen molar-refractivity contribution in [3.63, 3.8) is 0 Å². The van der Waals surface area contributed by atoms with Crippen LogP contribution >= 0.6 is 0 Å². The van der Waals surface area contributed by atoms with Crippen molar-refractivity contribution in [2.24, 2.45) is 0 Å². The number of aromatic nitrogens is 3. The second-order valence-corrected chi connectivity index (χ2v) is 5.97. The number of carbonyl (C=O) groups excluding carboxylic acids is 1. The Morgan fingerprint density at radius 1 is 1.00 bits per heavy atom. The predicted molar refractivity (Wildman–Crippen MR) is 90.6 cm³/mol. The second-order valence-electron chi connectivity index (χ2n) is 5.97. The van der Waals surface area contributed by atoms with Crippen molar-refractivity contribution in [2.75, 3.05) is 26.2 Å². The average Bonchev–Trinajstić information content (AvgIpc) is 3.06. The monoisotopic (exact) mass is 321 g/mol. The van der Waals surface area contributed by atoms with Gasteiger partial charge in [0.05, 0.1) is 11.9 Å². The van der Waals surface area contributed by atoms with Crippen molar-refractivity contribution in [3.8, 4) is 0 Å². The van der Waals surface area contributed by atoms with E-state index in [1.54, 1.807) is 6.20 Å². The van der Waals surface area contributed by atoms with Crippen LogP contribution in [0.3, 0.4) is 0 Å². The number of piperazine rings is 1. The first-order chi connectivity index (χ1) is 11.8. The van der Waals surface area contributed by atoms with Gasteiger partial charge < -0.3 is 4.90 Å². The SMILES string of the molecule is O=C(c1ccccc1)N1CCN(Cc2cnc3ncccn23)CC1. The Hall–Kier alpha value is -2.73. The normalized spacial score (nSPS) is 15.8. The molecule has 2 aromatic heterocycles. The number of fused-ring (bicyclic) bond motifs is 1. The maximum absolute atomic E-state index is 12.5. The van der Waals surface area contributed by atoms with Crippen molar-refractivity contribution in [1.82, 2.24) is 24.2 Å². The van der Waals surface area contributed by atoms with Gasteiger partial charge in [-0.05, 0) is 18.2 Å². The standard InChI is InChI=1S/C18H19N5O/c24-17(15-5-2-1-3-6-15)22-11-9-21(10-12-22)14-16-13-20-18-19-7-4-8-23(16)18/h1-8,13H,9-12,14H2. The van der Waals surface area contributed by atoms with E-state index in [9.17, 15) is 4.79 Å². The molecule has 1 saturated heterocycles. The highest BCUT2D eigenvalue weighted by Gasteiger charge is 2.22. The molecule has 0 spiro atoms. The Kier molecular flexibility index (Phi) is 3.96. The van der Waals surface area contributed by atoms with Gasteiger partial charge in [-0.25, -0.2) is 9.97 Å². The smallest absolute Gasteiger partial charge is 0.253 e. The fourth-order valence-electron chi connectivity index (χ4n) is 3.10. The summed E-state index contributed by atoms with van der Waals surface area (Å²) in [7, 11) is 0. The lowest BCUT2D eigenvalue weighted by Gasteiger charge is -2.34. The number of nitrogens with zero attached hydrogens (tertiary/aromatic N) is 5. The highest BCUT2D eigenvalue weighted by atomic mass is 16.2. The van der Waals surface area contributed by atoms with Crippen LogP contribution in [0.4, 0.5) is 0 Å². The van der Waals surface area contributed by atoms with Gasteiger partial charge in [-0.15, -0.1) is 0 Å². The zero-order valence-corrected chi connectivity index (χ0v) is 13.4. The summed E-state index contributed by atoms with van der Waals surface area (Å²) in [5.74, 6) is 0.847. The molecule has 3 aromatic rings. The lowest BCUT2D eigenvalue weighted by Crippen LogP contribution is -2.48. The number of amides is 1. The lowest BCUT2D eigenvalue weighted by atomic mass is 10.2. The summed E-state index contributed by atoms with van der Waals surface area (Å²) < 4.78 is 2.02. The van der Waals surface area contributed by atoms with E-state index in [1.807, 2.05) is 58.1 Å². The van der Waals surface area contributed by atoms with Crippen LogP contribution in [-0.4, -0.2) is 56.3 Å². The summed E-state index contributed by atoms with van der Waals surface area (Å²) in [6.45, 7) is 4.06. The minimum atomic E-state index is 0.120. The molecule has 1 aliphatic rings. The van der Waals surface area contributed by atoms with E-state index in [1.165, 1.54) is 0 Å². The predicted octanol–water partition coefficient (Wildman–Crippen LogP) is 1.69. The van der Waals surface area contributed by atoms with Crippen molar-refractivity contribution in [3.05, 3.63) is 66.2 Å². The zero-order chi connectivity index (χ0) is 16.4. The molecule has 1 amide bonds. The van der Waals surface area contributed by atoms with Gasteiger partial charge in [0, 0.05) is 50.7 Å². The van der Waals surface area contributed by atoms with Gasteiger partial charge in [-0.1, -0.05) is 18.2 Å². The fraction of sp³-hybridized carbons (Fsp3) is 0.278. The Morgan fingerprint density at radius 2 is 1.79 bits per heavy atom. The molecule has 24 heavy (non-hydrogen) atoms. The van der Waals surface area contributed by atoms with Gasteiger partial charge in [0.25, 0.3) is 5.91 Å². The summed E-state index contributed by atoms with van der Waals surface area (Å²) >= 11 is 0. The molecule has 0 atom stereocenters. The summed E-state index contributed by atoms with van der Waals surface area (Å²) in [5.41, 5.74) is 1.89. The molecule has 3 heterocycles. The van der Waals surface area contributed by atoms with Crippen LogP contribution in [0, 0.1) is 0 Å². The molecule has 6 heteroatoms. The number of carbonyl (C=O) groups is 1. The molecule has 1 fully saturated rings. The van der Waals surface area contributed by atoms with Gasteiger partial charge in [0.15, 0.2) is 0 Å². The van der Waals surface area contributed by atoms with Crippen molar-refractivity contribution < 1.29 is 4.79 Å².